The molecule has 0 spiro atoms. The Hall–Kier alpha value is -2.37. The zero-order valence-corrected chi connectivity index (χ0v) is 11.3. The number of rotatable bonds is 5. The largest absolute Gasteiger partial charge is 0.454 e. The van der Waals surface area contributed by atoms with Crippen molar-refractivity contribution >= 4 is 11.5 Å². The minimum Gasteiger partial charge on any atom is -0.454 e. The van der Waals surface area contributed by atoms with E-state index >= 15 is 0 Å². The number of anilines is 2. The SMILES string of the molecule is Nc1cc(F)c(Oc2ccnc(NCC3CC3)c2)cc1F. The summed E-state index contributed by atoms with van der Waals surface area (Å²) >= 11 is 0. The summed E-state index contributed by atoms with van der Waals surface area (Å²) in [5.41, 5.74) is 5.04. The van der Waals surface area contributed by atoms with Gasteiger partial charge in [0.1, 0.15) is 17.4 Å². The number of halogens is 2. The molecular formula is C15H15F2N3O. The highest BCUT2D eigenvalue weighted by atomic mass is 19.1. The maximum absolute atomic E-state index is 13.7. The summed E-state index contributed by atoms with van der Waals surface area (Å²) in [6.07, 6.45) is 4.02. The van der Waals surface area contributed by atoms with E-state index in [0.717, 1.165) is 18.7 Å². The predicted octanol–water partition coefficient (Wildman–Crippen LogP) is 3.56. The second-order valence-electron chi connectivity index (χ2n) is 5.11. The van der Waals surface area contributed by atoms with Gasteiger partial charge in [-0.15, -0.1) is 0 Å². The van der Waals surface area contributed by atoms with Crippen LogP contribution in [0.4, 0.5) is 20.3 Å². The van der Waals surface area contributed by atoms with E-state index in [2.05, 4.69) is 10.3 Å². The maximum atomic E-state index is 13.7. The second kappa shape index (κ2) is 5.55. The lowest BCUT2D eigenvalue weighted by molar-refractivity contribution is 0.437. The number of aromatic nitrogens is 1. The lowest BCUT2D eigenvalue weighted by atomic mass is 10.3. The highest BCUT2D eigenvalue weighted by Crippen LogP contribution is 2.30. The molecule has 2 aromatic rings. The third-order valence-corrected chi connectivity index (χ3v) is 3.28. The van der Waals surface area contributed by atoms with Crippen LogP contribution in [-0.2, 0) is 0 Å². The Balaban J connectivity index is 1.74. The van der Waals surface area contributed by atoms with Gasteiger partial charge in [-0.2, -0.15) is 0 Å². The Labute approximate surface area is 120 Å². The smallest absolute Gasteiger partial charge is 0.167 e. The number of pyridine rings is 1. The third kappa shape index (κ3) is 3.39. The van der Waals surface area contributed by atoms with Gasteiger partial charge in [0.2, 0.25) is 0 Å². The van der Waals surface area contributed by atoms with E-state index in [-0.39, 0.29) is 11.4 Å². The molecule has 1 heterocycles. The lowest BCUT2D eigenvalue weighted by Gasteiger charge is -2.10. The molecule has 3 N–H and O–H groups in total. The standard InChI is InChI=1S/C15H15F2N3O/c16-11-7-14(12(17)6-13(11)18)21-10-3-4-19-15(5-10)20-8-9-1-2-9/h3-7,9H,1-2,8,18H2,(H,19,20). The molecule has 1 fully saturated rings. The first-order valence-corrected chi connectivity index (χ1v) is 6.74. The van der Waals surface area contributed by atoms with Crippen LogP contribution in [0, 0.1) is 17.6 Å². The van der Waals surface area contributed by atoms with Crippen LogP contribution in [0.2, 0.25) is 0 Å². The summed E-state index contributed by atoms with van der Waals surface area (Å²) < 4.78 is 32.4. The summed E-state index contributed by atoms with van der Waals surface area (Å²) in [7, 11) is 0. The van der Waals surface area contributed by atoms with E-state index in [9.17, 15) is 8.78 Å². The van der Waals surface area contributed by atoms with E-state index < -0.39 is 11.6 Å². The van der Waals surface area contributed by atoms with Gasteiger partial charge in [0.05, 0.1) is 5.69 Å². The van der Waals surface area contributed by atoms with E-state index in [4.69, 9.17) is 10.5 Å². The van der Waals surface area contributed by atoms with Crippen molar-refractivity contribution in [2.45, 2.75) is 12.8 Å². The molecule has 1 aromatic carbocycles. The Morgan fingerprint density at radius 3 is 2.81 bits per heavy atom. The quantitative estimate of drug-likeness (QED) is 0.827. The van der Waals surface area contributed by atoms with E-state index in [1.807, 2.05) is 0 Å². The first-order valence-electron chi connectivity index (χ1n) is 6.74. The molecular weight excluding hydrogens is 276 g/mol. The number of hydrogen-bond acceptors (Lipinski definition) is 4. The van der Waals surface area contributed by atoms with Crippen LogP contribution in [-0.4, -0.2) is 11.5 Å². The Morgan fingerprint density at radius 2 is 2.05 bits per heavy atom. The fourth-order valence-corrected chi connectivity index (χ4v) is 1.89. The van der Waals surface area contributed by atoms with Gasteiger partial charge in [0.25, 0.3) is 0 Å². The van der Waals surface area contributed by atoms with Crippen molar-refractivity contribution in [3.8, 4) is 11.5 Å². The van der Waals surface area contributed by atoms with Crippen molar-refractivity contribution in [2.24, 2.45) is 5.92 Å². The molecule has 21 heavy (non-hydrogen) atoms. The summed E-state index contributed by atoms with van der Waals surface area (Å²) in [5.74, 6) is 0.105. The Kier molecular flexibility index (Phi) is 3.60. The molecule has 0 atom stereocenters. The van der Waals surface area contributed by atoms with Crippen molar-refractivity contribution in [2.75, 3.05) is 17.6 Å². The normalized spacial score (nSPS) is 14.0. The predicted molar refractivity (Wildman–Crippen MR) is 76.3 cm³/mol. The summed E-state index contributed by atoms with van der Waals surface area (Å²) in [5, 5.41) is 3.19. The van der Waals surface area contributed by atoms with E-state index in [1.165, 1.54) is 12.8 Å². The van der Waals surface area contributed by atoms with Gasteiger partial charge in [0, 0.05) is 30.9 Å². The highest BCUT2D eigenvalue weighted by molar-refractivity contribution is 5.47. The van der Waals surface area contributed by atoms with Crippen molar-refractivity contribution in [3.63, 3.8) is 0 Å². The number of nitrogens with zero attached hydrogens (tertiary/aromatic N) is 1. The molecule has 4 nitrogen and oxygen atoms in total. The van der Waals surface area contributed by atoms with Crippen molar-refractivity contribution in [1.29, 1.82) is 0 Å². The molecule has 0 unspecified atom stereocenters. The summed E-state index contributed by atoms with van der Waals surface area (Å²) in [4.78, 5) is 4.16. The molecule has 110 valence electrons. The molecule has 3 rings (SSSR count). The molecule has 1 saturated carbocycles. The molecule has 0 radical (unpaired) electrons. The summed E-state index contributed by atoms with van der Waals surface area (Å²) in [6.45, 7) is 0.862. The molecule has 1 aliphatic rings. The number of nitrogens with two attached hydrogens (primary N) is 1. The topological polar surface area (TPSA) is 60.2 Å². The number of benzene rings is 1. The molecule has 0 saturated heterocycles. The minimum absolute atomic E-state index is 0.207. The van der Waals surface area contributed by atoms with Crippen LogP contribution >= 0.6 is 0 Å². The van der Waals surface area contributed by atoms with E-state index in [0.29, 0.717) is 17.5 Å². The average molecular weight is 291 g/mol. The van der Waals surface area contributed by atoms with E-state index in [1.54, 1.807) is 18.3 Å². The first-order chi connectivity index (χ1) is 10.1. The third-order valence-electron chi connectivity index (χ3n) is 3.28. The summed E-state index contributed by atoms with van der Waals surface area (Å²) in [6, 6.07) is 5.06. The van der Waals surface area contributed by atoms with Crippen LogP contribution in [0.3, 0.4) is 0 Å². The van der Waals surface area contributed by atoms with Crippen LogP contribution in [0.25, 0.3) is 0 Å². The molecule has 1 aliphatic carbocycles. The number of hydrogen-bond donors (Lipinski definition) is 2. The van der Waals surface area contributed by atoms with Gasteiger partial charge in [-0.3, -0.25) is 0 Å². The van der Waals surface area contributed by atoms with Crippen LogP contribution in [0.5, 0.6) is 11.5 Å². The van der Waals surface area contributed by atoms with Crippen molar-refractivity contribution in [3.05, 3.63) is 42.1 Å². The molecule has 0 bridgehead atoms. The first kappa shape index (κ1) is 13.6. The second-order valence-corrected chi connectivity index (χ2v) is 5.11. The monoisotopic (exact) mass is 291 g/mol. The number of nitrogens with one attached hydrogen (secondary N) is 1. The molecule has 0 amide bonds. The molecule has 1 aromatic heterocycles. The van der Waals surface area contributed by atoms with Crippen LogP contribution in [0.1, 0.15) is 12.8 Å². The lowest BCUT2D eigenvalue weighted by Crippen LogP contribution is -2.04. The Morgan fingerprint density at radius 1 is 1.24 bits per heavy atom. The fourth-order valence-electron chi connectivity index (χ4n) is 1.89. The van der Waals surface area contributed by atoms with Gasteiger partial charge in [-0.05, 0) is 24.8 Å². The Bertz CT molecular complexity index is 659. The van der Waals surface area contributed by atoms with Gasteiger partial charge in [-0.25, -0.2) is 13.8 Å². The van der Waals surface area contributed by atoms with Crippen molar-refractivity contribution in [1.82, 2.24) is 4.98 Å². The van der Waals surface area contributed by atoms with Crippen LogP contribution < -0.4 is 15.8 Å². The zero-order valence-electron chi connectivity index (χ0n) is 11.3. The maximum Gasteiger partial charge on any atom is 0.167 e. The zero-order chi connectivity index (χ0) is 14.8. The van der Waals surface area contributed by atoms with Gasteiger partial charge < -0.3 is 15.8 Å². The highest BCUT2D eigenvalue weighted by Gasteiger charge is 2.20. The molecule has 6 heteroatoms. The van der Waals surface area contributed by atoms with Gasteiger partial charge in [-0.1, -0.05) is 0 Å². The van der Waals surface area contributed by atoms with Crippen LogP contribution in [0.15, 0.2) is 30.5 Å². The van der Waals surface area contributed by atoms with Gasteiger partial charge in [0.15, 0.2) is 11.6 Å². The fraction of sp³-hybridized carbons (Fsp3) is 0.267. The minimum atomic E-state index is -0.715. The average Bonchev–Trinajstić information content (AvgIpc) is 3.27. The number of ether oxygens (including phenoxy) is 1. The van der Waals surface area contributed by atoms with Crippen molar-refractivity contribution < 1.29 is 13.5 Å². The number of nitrogen functional groups attached to an aromatic ring is 1. The molecule has 0 aliphatic heterocycles. The van der Waals surface area contributed by atoms with Gasteiger partial charge >= 0.3 is 0 Å².